The second-order valence-electron chi connectivity index (χ2n) is 5.82. The van der Waals surface area contributed by atoms with Gasteiger partial charge in [-0.3, -0.25) is 4.79 Å². The summed E-state index contributed by atoms with van der Waals surface area (Å²) in [6.07, 6.45) is 1.11. The maximum Gasteiger partial charge on any atom is 0.263 e. The number of benzene rings is 1. The lowest BCUT2D eigenvalue weighted by molar-refractivity contribution is -0.139. The average Bonchev–Trinajstić information content (AvgIpc) is 2.50. The van der Waals surface area contributed by atoms with Crippen LogP contribution in [0.3, 0.4) is 0 Å². The van der Waals surface area contributed by atoms with Crippen molar-refractivity contribution in [2.75, 3.05) is 27.2 Å². The van der Waals surface area contributed by atoms with Crippen LogP contribution < -0.4 is 4.74 Å². The van der Waals surface area contributed by atoms with Gasteiger partial charge >= 0.3 is 0 Å². The molecule has 1 aliphatic rings. The molecule has 1 aromatic carbocycles. The number of amides is 1. The third-order valence-electron chi connectivity index (χ3n) is 4.14. The molecule has 1 fully saturated rings. The molecule has 1 aliphatic heterocycles. The van der Waals surface area contributed by atoms with E-state index in [-0.39, 0.29) is 17.7 Å². The van der Waals surface area contributed by atoms with E-state index >= 15 is 0 Å². The van der Waals surface area contributed by atoms with Gasteiger partial charge in [-0.1, -0.05) is 0 Å². The molecular weight excluding hydrogens is 290 g/mol. The minimum Gasteiger partial charge on any atom is -0.481 e. The summed E-state index contributed by atoms with van der Waals surface area (Å²) in [6, 6.07) is 3.45. The van der Waals surface area contributed by atoms with Gasteiger partial charge in [-0.05, 0) is 52.0 Å². The van der Waals surface area contributed by atoms with Crippen LogP contribution in [0.25, 0.3) is 0 Å². The van der Waals surface area contributed by atoms with E-state index in [0.29, 0.717) is 0 Å². The Morgan fingerprint density at radius 2 is 1.95 bits per heavy atom. The van der Waals surface area contributed by atoms with Crippen molar-refractivity contribution in [3.05, 3.63) is 29.8 Å². The molecule has 1 amide bonds. The van der Waals surface area contributed by atoms with Crippen molar-refractivity contribution in [1.82, 2.24) is 9.80 Å². The van der Waals surface area contributed by atoms with Crippen LogP contribution in [-0.2, 0) is 4.79 Å². The zero-order valence-corrected chi connectivity index (χ0v) is 13.2. The minimum atomic E-state index is -0.985. The zero-order chi connectivity index (χ0) is 16.3. The number of piperidine rings is 1. The summed E-state index contributed by atoms with van der Waals surface area (Å²) in [4.78, 5) is 16.3. The van der Waals surface area contributed by atoms with Crippen LogP contribution in [0.1, 0.15) is 19.8 Å². The van der Waals surface area contributed by atoms with Gasteiger partial charge in [0.05, 0.1) is 0 Å². The monoisotopic (exact) mass is 312 g/mol. The average molecular weight is 312 g/mol. The third kappa shape index (κ3) is 3.94. The molecule has 22 heavy (non-hydrogen) atoms. The lowest BCUT2D eigenvalue weighted by Gasteiger charge is -2.36. The fourth-order valence-electron chi connectivity index (χ4n) is 2.65. The molecule has 1 unspecified atom stereocenters. The lowest BCUT2D eigenvalue weighted by Crippen LogP contribution is -2.48. The number of carbonyl (C=O) groups excluding carboxylic acids is 1. The molecule has 0 radical (unpaired) electrons. The summed E-state index contributed by atoms with van der Waals surface area (Å²) >= 11 is 0. The SMILES string of the molecule is CC(Oc1ccc(F)c(F)c1)C(=O)N(C)C1CCN(C)CC1. The Bertz CT molecular complexity index is 531. The summed E-state index contributed by atoms with van der Waals surface area (Å²) in [5.41, 5.74) is 0. The Labute approximate surface area is 129 Å². The molecule has 0 bridgehead atoms. The van der Waals surface area contributed by atoms with Crippen molar-refractivity contribution < 1.29 is 18.3 Å². The van der Waals surface area contributed by atoms with E-state index in [1.807, 2.05) is 0 Å². The van der Waals surface area contributed by atoms with Gasteiger partial charge in [-0.25, -0.2) is 8.78 Å². The number of rotatable bonds is 4. The maximum absolute atomic E-state index is 13.2. The van der Waals surface area contributed by atoms with Crippen LogP contribution in [0.5, 0.6) is 5.75 Å². The van der Waals surface area contributed by atoms with E-state index in [9.17, 15) is 13.6 Å². The van der Waals surface area contributed by atoms with E-state index in [4.69, 9.17) is 4.74 Å². The van der Waals surface area contributed by atoms with Gasteiger partial charge in [0, 0.05) is 19.2 Å². The molecule has 1 atom stereocenters. The highest BCUT2D eigenvalue weighted by molar-refractivity contribution is 5.81. The van der Waals surface area contributed by atoms with E-state index in [1.165, 1.54) is 6.07 Å². The van der Waals surface area contributed by atoms with Gasteiger partial charge in [0.1, 0.15) is 5.75 Å². The van der Waals surface area contributed by atoms with Crippen molar-refractivity contribution in [1.29, 1.82) is 0 Å². The quantitative estimate of drug-likeness (QED) is 0.855. The number of hydrogen-bond acceptors (Lipinski definition) is 3. The zero-order valence-electron chi connectivity index (χ0n) is 13.2. The molecule has 4 nitrogen and oxygen atoms in total. The van der Waals surface area contributed by atoms with Crippen LogP contribution in [0, 0.1) is 11.6 Å². The lowest BCUT2D eigenvalue weighted by atomic mass is 10.0. The number of likely N-dealkylation sites (tertiary alicyclic amines) is 1. The Morgan fingerprint density at radius 1 is 1.32 bits per heavy atom. The van der Waals surface area contributed by atoms with Crippen LogP contribution in [-0.4, -0.2) is 55.0 Å². The van der Waals surface area contributed by atoms with E-state index < -0.39 is 17.7 Å². The van der Waals surface area contributed by atoms with Crippen molar-refractivity contribution >= 4 is 5.91 Å². The first-order valence-corrected chi connectivity index (χ1v) is 7.45. The van der Waals surface area contributed by atoms with E-state index in [2.05, 4.69) is 11.9 Å². The molecule has 0 aliphatic carbocycles. The second kappa shape index (κ2) is 7.05. The van der Waals surface area contributed by atoms with Gasteiger partial charge in [0.2, 0.25) is 0 Å². The molecule has 0 aromatic heterocycles. The first-order valence-electron chi connectivity index (χ1n) is 7.45. The summed E-state index contributed by atoms with van der Waals surface area (Å²) < 4.78 is 31.5. The molecular formula is C16H22F2N2O2. The molecule has 6 heteroatoms. The first-order chi connectivity index (χ1) is 10.4. The van der Waals surface area contributed by atoms with Gasteiger partial charge in [0.15, 0.2) is 17.7 Å². The smallest absolute Gasteiger partial charge is 0.263 e. The summed E-state index contributed by atoms with van der Waals surface area (Å²) in [5.74, 6) is -1.92. The minimum absolute atomic E-state index is 0.150. The van der Waals surface area contributed by atoms with Crippen LogP contribution >= 0.6 is 0 Å². The number of ether oxygens (including phenoxy) is 1. The Morgan fingerprint density at radius 3 is 2.55 bits per heavy atom. The van der Waals surface area contributed by atoms with Gasteiger partial charge in [0.25, 0.3) is 5.91 Å². The largest absolute Gasteiger partial charge is 0.481 e. The van der Waals surface area contributed by atoms with Crippen LogP contribution in [0.2, 0.25) is 0 Å². The highest BCUT2D eigenvalue weighted by Crippen LogP contribution is 2.19. The molecule has 122 valence electrons. The standard InChI is InChI=1S/C16H22F2N2O2/c1-11(22-13-4-5-14(17)15(18)10-13)16(21)20(3)12-6-8-19(2)9-7-12/h4-5,10-12H,6-9H2,1-3H3. The summed E-state index contributed by atoms with van der Waals surface area (Å²) in [7, 11) is 3.83. The highest BCUT2D eigenvalue weighted by Gasteiger charge is 2.27. The summed E-state index contributed by atoms with van der Waals surface area (Å²) in [5, 5.41) is 0. The number of halogens is 2. The van der Waals surface area contributed by atoms with Gasteiger partial charge in [-0.2, -0.15) is 0 Å². The predicted molar refractivity (Wildman–Crippen MR) is 79.7 cm³/mol. The summed E-state index contributed by atoms with van der Waals surface area (Å²) in [6.45, 7) is 3.54. The van der Waals surface area contributed by atoms with Crippen molar-refractivity contribution in [2.24, 2.45) is 0 Å². The van der Waals surface area contributed by atoms with Crippen molar-refractivity contribution in [2.45, 2.75) is 31.9 Å². The number of hydrogen-bond donors (Lipinski definition) is 0. The Balaban J connectivity index is 1.94. The van der Waals surface area contributed by atoms with Crippen molar-refractivity contribution in [3.8, 4) is 5.75 Å². The molecule has 0 saturated carbocycles. The molecule has 1 saturated heterocycles. The number of nitrogens with zero attached hydrogens (tertiary/aromatic N) is 2. The normalized spacial score (nSPS) is 18.0. The van der Waals surface area contributed by atoms with Gasteiger partial charge < -0.3 is 14.5 Å². The fourth-order valence-corrected chi connectivity index (χ4v) is 2.65. The van der Waals surface area contributed by atoms with Crippen LogP contribution in [0.15, 0.2) is 18.2 Å². The molecule has 1 aromatic rings. The maximum atomic E-state index is 13.2. The Hall–Kier alpha value is -1.69. The second-order valence-corrected chi connectivity index (χ2v) is 5.82. The third-order valence-corrected chi connectivity index (χ3v) is 4.14. The van der Waals surface area contributed by atoms with E-state index in [1.54, 1.807) is 18.9 Å². The topological polar surface area (TPSA) is 32.8 Å². The molecule has 0 spiro atoms. The van der Waals surface area contributed by atoms with Gasteiger partial charge in [-0.15, -0.1) is 0 Å². The highest BCUT2D eigenvalue weighted by atomic mass is 19.2. The van der Waals surface area contributed by atoms with Crippen LogP contribution in [0.4, 0.5) is 8.78 Å². The molecule has 2 rings (SSSR count). The predicted octanol–water partition coefficient (Wildman–Crippen LogP) is 2.28. The van der Waals surface area contributed by atoms with E-state index in [0.717, 1.165) is 38.1 Å². The Kier molecular flexibility index (Phi) is 5.34. The molecule has 0 N–H and O–H groups in total. The molecule has 1 heterocycles. The number of likely N-dealkylation sites (N-methyl/N-ethyl adjacent to an activating group) is 1. The fraction of sp³-hybridized carbons (Fsp3) is 0.562. The number of carbonyl (C=O) groups is 1. The first kappa shape index (κ1) is 16.7. The van der Waals surface area contributed by atoms with Crippen molar-refractivity contribution in [3.63, 3.8) is 0 Å².